The summed E-state index contributed by atoms with van der Waals surface area (Å²) in [7, 11) is -2.34. The Bertz CT molecular complexity index is 179. The topological polar surface area (TPSA) is 46.5 Å². The molecule has 0 spiro atoms. The van der Waals surface area contributed by atoms with Crippen LogP contribution in [-0.2, 0) is 9.09 Å². The van der Waals surface area contributed by atoms with Crippen molar-refractivity contribution in [2.75, 3.05) is 13.3 Å². The lowest BCUT2D eigenvalue weighted by Crippen LogP contribution is -2.23. The van der Waals surface area contributed by atoms with Crippen LogP contribution in [0.5, 0.6) is 0 Å². The zero-order valence-electron chi connectivity index (χ0n) is 7.69. The van der Waals surface area contributed by atoms with E-state index in [0.29, 0.717) is 0 Å². The molecule has 0 aromatic rings. The quantitative estimate of drug-likeness (QED) is 0.679. The molecule has 0 atom stereocenters. The van der Waals surface area contributed by atoms with E-state index in [-0.39, 0.29) is 12.2 Å². The van der Waals surface area contributed by atoms with Crippen molar-refractivity contribution in [3.8, 4) is 0 Å². The molecule has 72 valence electrons. The highest BCUT2D eigenvalue weighted by Gasteiger charge is 2.23. The molecule has 0 heterocycles. The van der Waals surface area contributed by atoms with Crippen LogP contribution in [0.2, 0.25) is 0 Å². The lowest BCUT2D eigenvalue weighted by Gasteiger charge is -2.26. The van der Waals surface area contributed by atoms with Gasteiger partial charge in [-0.1, -0.05) is 0 Å². The minimum atomic E-state index is -2.34. The summed E-state index contributed by atoms with van der Waals surface area (Å²) in [5.74, 6) is 0. The zero-order valence-corrected chi connectivity index (χ0v) is 8.59. The van der Waals surface area contributed by atoms with Crippen molar-refractivity contribution >= 4 is 7.37 Å². The highest BCUT2D eigenvalue weighted by Crippen LogP contribution is 2.41. The van der Waals surface area contributed by atoms with Crippen molar-refractivity contribution in [3.63, 3.8) is 0 Å². The third-order valence-electron chi connectivity index (χ3n) is 2.05. The Kier molecular flexibility index (Phi) is 3.33. The second-order valence-corrected chi connectivity index (χ2v) is 6.50. The third kappa shape index (κ3) is 3.70. The van der Waals surface area contributed by atoms with Crippen molar-refractivity contribution < 1.29 is 14.2 Å². The Morgan fingerprint density at radius 1 is 1.25 bits per heavy atom. The van der Waals surface area contributed by atoms with E-state index in [1.165, 1.54) is 0 Å². The average Bonchev–Trinajstić information content (AvgIpc) is 1.91. The minimum absolute atomic E-state index is 0.106. The Morgan fingerprint density at radius 2 is 1.75 bits per heavy atom. The molecule has 0 amide bonds. The van der Waals surface area contributed by atoms with Gasteiger partial charge in [0.1, 0.15) is 0 Å². The molecule has 1 rings (SSSR count). The maximum Gasteiger partial charge on any atom is 0.197 e. The van der Waals surface area contributed by atoms with E-state index in [2.05, 4.69) is 0 Å². The number of aliphatic hydroxyl groups excluding tert-OH is 1. The molecular formula is C8H17O3P. The summed E-state index contributed by atoms with van der Waals surface area (Å²) in [6, 6.07) is 0. The second-order valence-electron chi connectivity index (χ2n) is 3.79. The molecule has 0 saturated heterocycles. The largest absolute Gasteiger partial charge is 0.393 e. The highest BCUT2D eigenvalue weighted by atomic mass is 31.2. The van der Waals surface area contributed by atoms with Gasteiger partial charge >= 0.3 is 0 Å². The first kappa shape index (κ1) is 10.2. The minimum Gasteiger partial charge on any atom is -0.393 e. The van der Waals surface area contributed by atoms with Gasteiger partial charge < -0.3 is 9.63 Å². The number of rotatable bonds is 2. The lowest BCUT2D eigenvalue weighted by atomic mass is 9.95. The van der Waals surface area contributed by atoms with Gasteiger partial charge in [-0.25, -0.2) is 0 Å². The van der Waals surface area contributed by atoms with Crippen LogP contribution in [0.4, 0.5) is 0 Å². The Labute approximate surface area is 73.6 Å². The summed E-state index contributed by atoms with van der Waals surface area (Å²) in [4.78, 5) is 0. The number of hydrogen-bond acceptors (Lipinski definition) is 3. The Morgan fingerprint density at radius 3 is 2.17 bits per heavy atom. The molecular weight excluding hydrogens is 175 g/mol. The maximum atomic E-state index is 11.3. The van der Waals surface area contributed by atoms with Gasteiger partial charge in [-0.2, -0.15) is 0 Å². The van der Waals surface area contributed by atoms with Gasteiger partial charge in [-0.05, 0) is 25.7 Å². The second kappa shape index (κ2) is 3.91. The lowest BCUT2D eigenvalue weighted by molar-refractivity contribution is 0.0688. The summed E-state index contributed by atoms with van der Waals surface area (Å²) in [6.07, 6.45) is 3.18. The number of hydrogen-bond donors (Lipinski definition) is 1. The van der Waals surface area contributed by atoms with Crippen molar-refractivity contribution in [1.82, 2.24) is 0 Å². The molecule has 1 saturated carbocycles. The summed E-state index contributed by atoms with van der Waals surface area (Å²) in [5, 5.41) is 9.20. The molecule has 0 bridgehead atoms. The van der Waals surface area contributed by atoms with E-state index < -0.39 is 7.37 Å². The molecule has 0 aliphatic heterocycles. The third-order valence-corrected chi connectivity index (χ3v) is 2.85. The number of aliphatic hydroxyl groups is 1. The molecule has 1 aliphatic rings. The van der Waals surface area contributed by atoms with E-state index in [1.807, 2.05) is 0 Å². The predicted molar refractivity (Wildman–Crippen MR) is 48.8 cm³/mol. The molecule has 4 heteroatoms. The van der Waals surface area contributed by atoms with Gasteiger partial charge in [0.2, 0.25) is 0 Å². The van der Waals surface area contributed by atoms with Crippen LogP contribution >= 0.6 is 7.37 Å². The van der Waals surface area contributed by atoms with E-state index >= 15 is 0 Å². The molecule has 0 aromatic carbocycles. The standard InChI is InChI=1S/C8H17O3P/c1-12(2,10)11-8-5-3-7(9)4-6-8/h7-9H,3-6H2,1-2H3. The maximum absolute atomic E-state index is 11.3. The normalized spacial score (nSPS) is 31.9. The highest BCUT2D eigenvalue weighted by molar-refractivity contribution is 7.57. The van der Waals surface area contributed by atoms with Crippen molar-refractivity contribution in [3.05, 3.63) is 0 Å². The summed E-state index contributed by atoms with van der Waals surface area (Å²) >= 11 is 0. The summed E-state index contributed by atoms with van der Waals surface area (Å²) in [5.41, 5.74) is 0. The van der Waals surface area contributed by atoms with Crippen LogP contribution in [0.15, 0.2) is 0 Å². The van der Waals surface area contributed by atoms with Gasteiger partial charge in [-0.3, -0.25) is 4.57 Å². The first-order valence-corrected chi connectivity index (χ1v) is 6.91. The zero-order chi connectivity index (χ0) is 9.19. The predicted octanol–water partition coefficient (Wildman–Crippen LogP) is 1.84. The molecule has 12 heavy (non-hydrogen) atoms. The first-order chi connectivity index (χ1) is 5.47. The van der Waals surface area contributed by atoms with E-state index in [4.69, 9.17) is 4.52 Å². The molecule has 1 N–H and O–H groups in total. The van der Waals surface area contributed by atoms with Gasteiger partial charge in [0.05, 0.1) is 12.2 Å². The molecule has 3 nitrogen and oxygen atoms in total. The Hall–Kier alpha value is 0.150. The van der Waals surface area contributed by atoms with Crippen LogP contribution in [0.3, 0.4) is 0 Å². The summed E-state index contributed by atoms with van der Waals surface area (Å²) < 4.78 is 16.7. The average molecular weight is 192 g/mol. The van der Waals surface area contributed by atoms with Crippen LogP contribution in [0.1, 0.15) is 25.7 Å². The summed E-state index contributed by atoms with van der Waals surface area (Å²) in [6.45, 7) is 3.27. The van der Waals surface area contributed by atoms with Crippen LogP contribution in [0, 0.1) is 0 Å². The van der Waals surface area contributed by atoms with E-state index in [9.17, 15) is 9.67 Å². The fourth-order valence-corrected chi connectivity index (χ4v) is 2.44. The smallest absolute Gasteiger partial charge is 0.197 e. The van der Waals surface area contributed by atoms with Gasteiger partial charge in [0.15, 0.2) is 7.37 Å². The molecule has 0 radical (unpaired) electrons. The SMILES string of the molecule is CP(C)(=O)OC1CCC(O)CC1. The molecule has 1 fully saturated rings. The fraction of sp³-hybridized carbons (Fsp3) is 1.00. The van der Waals surface area contributed by atoms with Crippen molar-refractivity contribution in [2.45, 2.75) is 37.9 Å². The van der Waals surface area contributed by atoms with Gasteiger partial charge in [0.25, 0.3) is 0 Å². The van der Waals surface area contributed by atoms with E-state index in [1.54, 1.807) is 13.3 Å². The molecule has 1 aliphatic carbocycles. The fourth-order valence-electron chi connectivity index (χ4n) is 1.51. The molecule has 0 aromatic heterocycles. The first-order valence-electron chi connectivity index (χ1n) is 4.39. The molecule has 0 unspecified atom stereocenters. The monoisotopic (exact) mass is 192 g/mol. The van der Waals surface area contributed by atoms with Gasteiger partial charge in [-0.15, -0.1) is 0 Å². The van der Waals surface area contributed by atoms with Crippen molar-refractivity contribution in [1.29, 1.82) is 0 Å². The van der Waals surface area contributed by atoms with Crippen LogP contribution in [0.25, 0.3) is 0 Å². The van der Waals surface area contributed by atoms with Crippen LogP contribution < -0.4 is 0 Å². The van der Waals surface area contributed by atoms with Crippen LogP contribution in [-0.4, -0.2) is 30.6 Å². The Balaban J connectivity index is 2.31. The van der Waals surface area contributed by atoms with E-state index in [0.717, 1.165) is 25.7 Å². The van der Waals surface area contributed by atoms with Crippen molar-refractivity contribution in [2.24, 2.45) is 0 Å². The van der Waals surface area contributed by atoms with Gasteiger partial charge in [0, 0.05) is 13.3 Å².